The highest BCUT2D eigenvalue weighted by molar-refractivity contribution is 5.04. The van der Waals surface area contributed by atoms with Crippen molar-refractivity contribution in [1.29, 1.82) is 0 Å². The van der Waals surface area contributed by atoms with Crippen LogP contribution in [-0.4, -0.2) is 36.1 Å². The third kappa shape index (κ3) is 3.17. The summed E-state index contributed by atoms with van der Waals surface area (Å²) in [5.41, 5.74) is 0.474. The standard InChI is InChI=1S/C19H36N2/c1-4-13-20-18-17(11-12-19(18,2)3)21-14-7-9-15-8-5-6-10-16(15)21/h15-18,20H,4-14H2,1-3H3. The second-order valence-corrected chi connectivity index (χ2v) is 8.52. The van der Waals surface area contributed by atoms with Crippen LogP contribution in [0.15, 0.2) is 0 Å². The molecular formula is C19H36N2. The molecule has 0 amide bonds. The Bertz CT molecular complexity index is 336. The number of rotatable bonds is 4. The second-order valence-electron chi connectivity index (χ2n) is 8.52. The first-order valence-electron chi connectivity index (χ1n) is 9.62. The lowest BCUT2D eigenvalue weighted by molar-refractivity contribution is 0.0125. The minimum Gasteiger partial charge on any atom is -0.312 e. The molecule has 2 heteroatoms. The molecule has 0 spiro atoms. The summed E-state index contributed by atoms with van der Waals surface area (Å²) in [4.78, 5) is 2.97. The SMILES string of the molecule is CCCNC1C(N2CCCC3CCCCC32)CCC1(C)C. The van der Waals surface area contributed by atoms with Crippen molar-refractivity contribution in [3.63, 3.8) is 0 Å². The highest BCUT2D eigenvalue weighted by atomic mass is 15.2. The number of hydrogen-bond donors (Lipinski definition) is 1. The fourth-order valence-electron chi connectivity index (χ4n) is 5.51. The molecule has 0 bridgehead atoms. The minimum atomic E-state index is 0.474. The molecule has 0 aromatic carbocycles. The van der Waals surface area contributed by atoms with Crippen LogP contribution in [0.1, 0.15) is 78.6 Å². The highest BCUT2D eigenvalue weighted by Gasteiger charge is 2.47. The van der Waals surface area contributed by atoms with E-state index in [0.717, 1.165) is 18.0 Å². The summed E-state index contributed by atoms with van der Waals surface area (Å²) < 4.78 is 0. The van der Waals surface area contributed by atoms with E-state index in [4.69, 9.17) is 0 Å². The number of nitrogens with one attached hydrogen (secondary N) is 1. The summed E-state index contributed by atoms with van der Waals surface area (Å²) in [6.07, 6.45) is 13.0. The fourth-order valence-corrected chi connectivity index (χ4v) is 5.51. The first kappa shape index (κ1) is 15.8. The molecule has 21 heavy (non-hydrogen) atoms. The molecule has 0 radical (unpaired) electrons. The average molecular weight is 293 g/mol. The van der Waals surface area contributed by atoms with Gasteiger partial charge >= 0.3 is 0 Å². The van der Waals surface area contributed by atoms with E-state index in [2.05, 4.69) is 31.0 Å². The van der Waals surface area contributed by atoms with E-state index in [1.807, 2.05) is 0 Å². The zero-order valence-corrected chi connectivity index (χ0v) is 14.5. The first-order valence-corrected chi connectivity index (χ1v) is 9.62. The molecule has 4 unspecified atom stereocenters. The van der Waals surface area contributed by atoms with E-state index in [1.165, 1.54) is 70.9 Å². The topological polar surface area (TPSA) is 15.3 Å². The normalized spacial score (nSPS) is 40.1. The number of fused-ring (bicyclic) bond motifs is 1. The Morgan fingerprint density at radius 2 is 1.76 bits per heavy atom. The van der Waals surface area contributed by atoms with Crippen molar-refractivity contribution in [2.45, 2.75) is 96.7 Å². The van der Waals surface area contributed by atoms with Gasteiger partial charge in [0.05, 0.1) is 0 Å². The van der Waals surface area contributed by atoms with Gasteiger partial charge in [0, 0.05) is 18.1 Å². The predicted molar refractivity (Wildman–Crippen MR) is 90.6 cm³/mol. The van der Waals surface area contributed by atoms with Crippen molar-refractivity contribution in [2.75, 3.05) is 13.1 Å². The molecule has 1 N–H and O–H groups in total. The Labute approximate surface area is 132 Å². The maximum Gasteiger partial charge on any atom is 0.0274 e. The van der Waals surface area contributed by atoms with Gasteiger partial charge in [-0.3, -0.25) is 4.90 Å². The van der Waals surface area contributed by atoms with E-state index in [-0.39, 0.29) is 0 Å². The lowest BCUT2D eigenvalue weighted by Gasteiger charge is -2.49. The monoisotopic (exact) mass is 292 g/mol. The van der Waals surface area contributed by atoms with Gasteiger partial charge in [-0.2, -0.15) is 0 Å². The maximum atomic E-state index is 3.92. The second kappa shape index (κ2) is 6.58. The minimum absolute atomic E-state index is 0.474. The molecular weight excluding hydrogens is 256 g/mol. The van der Waals surface area contributed by atoms with Gasteiger partial charge in [0.15, 0.2) is 0 Å². The molecule has 0 aromatic rings. The van der Waals surface area contributed by atoms with Gasteiger partial charge < -0.3 is 5.32 Å². The molecule has 0 aromatic heterocycles. The van der Waals surface area contributed by atoms with E-state index in [1.54, 1.807) is 0 Å². The Kier molecular flexibility index (Phi) is 4.95. The van der Waals surface area contributed by atoms with Crippen LogP contribution in [0.5, 0.6) is 0 Å². The summed E-state index contributed by atoms with van der Waals surface area (Å²) in [5, 5.41) is 3.92. The quantitative estimate of drug-likeness (QED) is 0.835. The van der Waals surface area contributed by atoms with Gasteiger partial charge in [-0.15, -0.1) is 0 Å². The van der Waals surface area contributed by atoms with Gasteiger partial charge in [0.25, 0.3) is 0 Å². The van der Waals surface area contributed by atoms with E-state index < -0.39 is 0 Å². The number of likely N-dealkylation sites (tertiary alicyclic amines) is 1. The van der Waals surface area contributed by atoms with Gasteiger partial charge in [-0.1, -0.05) is 33.6 Å². The molecule has 2 saturated carbocycles. The van der Waals surface area contributed by atoms with Crippen LogP contribution in [0.4, 0.5) is 0 Å². The van der Waals surface area contributed by atoms with Crippen LogP contribution < -0.4 is 5.32 Å². The van der Waals surface area contributed by atoms with Gasteiger partial charge in [-0.05, 0) is 69.4 Å². The van der Waals surface area contributed by atoms with Crippen LogP contribution in [0.3, 0.4) is 0 Å². The summed E-state index contributed by atoms with van der Waals surface area (Å²) >= 11 is 0. The van der Waals surface area contributed by atoms with E-state index in [9.17, 15) is 0 Å². The van der Waals surface area contributed by atoms with E-state index in [0.29, 0.717) is 11.5 Å². The summed E-state index contributed by atoms with van der Waals surface area (Å²) in [6.45, 7) is 9.83. The molecule has 3 rings (SSSR count). The zero-order valence-electron chi connectivity index (χ0n) is 14.5. The van der Waals surface area contributed by atoms with Crippen LogP contribution in [0, 0.1) is 11.3 Å². The van der Waals surface area contributed by atoms with Crippen molar-refractivity contribution in [1.82, 2.24) is 10.2 Å². The Morgan fingerprint density at radius 3 is 2.57 bits per heavy atom. The average Bonchev–Trinajstić information content (AvgIpc) is 2.79. The third-order valence-electron chi connectivity index (χ3n) is 6.64. The molecule has 2 aliphatic carbocycles. The fraction of sp³-hybridized carbons (Fsp3) is 1.00. The van der Waals surface area contributed by atoms with Crippen molar-refractivity contribution in [3.8, 4) is 0 Å². The lowest BCUT2D eigenvalue weighted by atomic mass is 9.77. The summed E-state index contributed by atoms with van der Waals surface area (Å²) in [6, 6.07) is 2.42. The van der Waals surface area contributed by atoms with Crippen LogP contribution in [0.2, 0.25) is 0 Å². The Balaban J connectivity index is 1.74. The summed E-state index contributed by atoms with van der Waals surface area (Å²) in [7, 11) is 0. The summed E-state index contributed by atoms with van der Waals surface area (Å²) in [5.74, 6) is 1.02. The first-order chi connectivity index (χ1) is 10.1. The molecule has 3 fully saturated rings. The Morgan fingerprint density at radius 1 is 1.00 bits per heavy atom. The van der Waals surface area contributed by atoms with Crippen molar-refractivity contribution in [3.05, 3.63) is 0 Å². The maximum absolute atomic E-state index is 3.92. The van der Waals surface area contributed by atoms with Gasteiger partial charge in [0.1, 0.15) is 0 Å². The molecule has 2 nitrogen and oxygen atoms in total. The van der Waals surface area contributed by atoms with Crippen LogP contribution >= 0.6 is 0 Å². The molecule has 3 aliphatic rings. The van der Waals surface area contributed by atoms with E-state index >= 15 is 0 Å². The van der Waals surface area contributed by atoms with Crippen LogP contribution in [-0.2, 0) is 0 Å². The molecule has 1 heterocycles. The number of piperidine rings is 1. The molecule has 1 saturated heterocycles. The van der Waals surface area contributed by atoms with Crippen molar-refractivity contribution in [2.24, 2.45) is 11.3 Å². The zero-order chi connectivity index (χ0) is 14.9. The number of nitrogens with zero attached hydrogens (tertiary/aromatic N) is 1. The van der Waals surface area contributed by atoms with Crippen LogP contribution in [0.25, 0.3) is 0 Å². The van der Waals surface area contributed by atoms with Gasteiger partial charge in [-0.25, -0.2) is 0 Å². The molecule has 4 atom stereocenters. The molecule has 122 valence electrons. The molecule has 1 aliphatic heterocycles. The highest BCUT2D eigenvalue weighted by Crippen LogP contribution is 2.44. The van der Waals surface area contributed by atoms with Crippen molar-refractivity contribution >= 4 is 0 Å². The third-order valence-corrected chi connectivity index (χ3v) is 6.64. The van der Waals surface area contributed by atoms with Crippen molar-refractivity contribution < 1.29 is 0 Å². The predicted octanol–water partition coefficient (Wildman–Crippen LogP) is 4.20. The Hall–Kier alpha value is -0.0800. The lowest BCUT2D eigenvalue weighted by Crippen LogP contribution is -2.58. The smallest absolute Gasteiger partial charge is 0.0274 e. The number of hydrogen-bond acceptors (Lipinski definition) is 2. The van der Waals surface area contributed by atoms with Gasteiger partial charge in [0.2, 0.25) is 0 Å². The largest absolute Gasteiger partial charge is 0.312 e.